The minimum atomic E-state index is -2.03. The summed E-state index contributed by atoms with van der Waals surface area (Å²) in [7, 11) is 0. The highest BCUT2D eigenvalue weighted by Crippen LogP contribution is 2.74. The second-order valence-electron chi connectivity index (χ2n) is 8.46. The summed E-state index contributed by atoms with van der Waals surface area (Å²) in [5, 5.41) is 1.34. The van der Waals surface area contributed by atoms with E-state index in [0.29, 0.717) is 0 Å². The topological polar surface area (TPSA) is 0 Å². The monoisotopic (exact) mass is 360 g/mol. The van der Waals surface area contributed by atoms with Gasteiger partial charge in [-0.15, -0.1) is 0 Å². The van der Waals surface area contributed by atoms with Gasteiger partial charge >= 0.3 is 0 Å². The van der Waals surface area contributed by atoms with Crippen LogP contribution in [0.4, 0.5) is 0 Å². The van der Waals surface area contributed by atoms with Crippen molar-refractivity contribution in [2.45, 2.75) is 58.8 Å². The molecule has 2 heteroatoms. The average Bonchev–Trinajstić information content (AvgIpc) is 2.48. The molecule has 0 saturated heterocycles. The number of hydrogen-bond acceptors (Lipinski definition) is 0. The van der Waals surface area contributed by atoms with Crippen LogP contribution in [0.5, 0.6) is 0 Å². The Kier molecular flexibility index (Phi) is 5.43. The lowest BCUT2D eigenvalue weighted by atomic mass is 10.0. The van der Waals surface area contributed by atoms with Crippen molar-refractivity contribution < 1.29 is 0 Å². The third-order valence-corrected chi connectivity index (χ3v) is 13.0. The van der Waals surface area contributed by atoms with E-state index in [9.17, 15) is 0 Å². The van der Waals surface area contributed by atoms with Crippen molar-refractivity contribution in [1.82, 2.24) is 0 Å². The molecule has 2 aromatic rings. The molecule has 0 spiro atoms. The summed E-state index contributed by atoms with van der Waals surface area (Å²) in [4.78, 5) is 0. The van der Waals surface area contributed by atoms with E-state index in [1.54, 1.807) is 0 Å². The highest BCUT2D eigenvalue weighted by Gasteiger charge is 2.43. The summed E-state index contributed by atoms with van der Waals surface area (Å²) in [6, 6.07) is 19.3. The van der Waals surface area contributed by atoms with Gasteiger partial charge in [0.05, 0.1) is 0 Å². The molecule has 0 saturated carbocycles. The number of aryl methyl sites for hydroxylation is 1. The lowest BCUT2D eigenvalue weighted by Gasteiger charge is -2.46. The summed E-state index contributed by atoms with van der Waals surface area (Å²) in [5.41, 5.74) is 3.83. The third-order valence-electron chi connectivity index (χ3n) is 4.60. The Bertz CT molecular complexity index is 741. The molecule has 0 heterocycles. The minimum Gasteiger partial charge on any atom is -0.0960 e. The number of rotatable bonds is 2. The van der Waals surface area contributed by atoms with Gasteiger partial charge in [-0.05, 0) is 40.2 Å². The highest BCUT2D eigenvalue weighted by atomic mass is 35.7. The fraction of sp³-hybridized carbons (Fsp3) is 0.409. The molecule has 0 radical (unpaired) electrons. The Labute approximate surface area is 153 Å². The number of benzene rings is 2. The van der Waals surface area contributed by atoms with Gasteiger partial charge in [0, 0.05) is 5.29 Å². The van der Waals surface area contributed by atoms with E-state index >= 15 is 0 Å². The summed E-state index contributed by atoms with van der Waals surface area (Å²) < 4.78 is 0. The van der Waals surface area contributed by atoms with Crippen LogP contribution >= 0.6 is 17.5 Å². The second kappa shape index (κ2) is 6.74. The van der Waals surface area contributed by atoms with Crippen molar-refractivity contribution in [2.75, 3.05) is 0 Å². The van der Waals surface area contributed by atoms with Crippen LogP contribution in [-0.2, 0) is 0 Å². The van der Waals surface area contributed by atoms with Crippen molar-refractivity contribution in [3.8, 4) is 0 Å². The Morgan fingerprint density at radius 2 is 1.21 bits per heavy atom. The van der Waals surface area contributed by atoms with Crippen molar-refractivity contribution in [1.29, 1.82) is 0 Å². The van der Waals surface area contributed by atoms with Crippen LogP contribution in [0.3, 0.4) is 0 Å². The highest BCUT2D eigenvalue weighted by molar-refractivity contribution is 8.01. The predicted octanol–water partition coefficient (Wildman–Crippen LogP) is 7.33. The molecule has 0 nitrogen and oxygen atoms in total. The molecule has 2 rings (SSSR count). The molecule has 0 fully saturated rings. The predicted molar refractivity (Wildman–Crippen MR) is 113 cm³/mol. The third kappa shape index (κ3) is 3.37. The normalized spacial score (nSPS) is 13.0. The smallest absolute Gasteiger partial charge is 0.00197 e. The Hall–Kier alpha value is -0.970. The quantitative estimate of drug-likeness (QED) is 0.491. The van der Waals surface area contributed by atoms with Crippen LogP contribution in [0.25, 0.3) is 0 Å². The lowest BCUT2D eigenvalue weighted by molar-refractivity contribution is 0.715. The molecule has 0 atom stereocenters. The minimum absolute atomic E-state index is 0.000260. The molecule has 0 N–H and O–H groups in total. The molecular weight excluding hydrogens is 331 g/mol. The van der Waals surface area contributed by atoms with E-state index in [1.165, 1.54) is 22.0 Å². The van der Waals surface area contributed by atoms with Gasteiger partial charge in [0.1, 0.15) is 0 Å². The first-order valence-electron chi connectivity index (χ1n) is 8.58. The van der Waals surface area contributed by atoms with E-state index < -0.39 is 6.24 Å². The molecule has 0 aliphatic heterocycles. The average molecular weight is 361 g/mol. The zero-order chi connectivity index (χ0) is 18.2. The molecule has 130 valence electrons. The van der Waals surface area contributed by atoms with E-state index in [2.05, 4.69) is 103 Å². The van der Waals surface area contributed by atoms with E-state index in [0.717, 1.165) is 0 Å². The van der Waals surface area contributed by atoms with Crippen molar-refractivity contribution >= 4 is 22.8 Å². The zero-order valence-electron chi connectivity index (χ0n) is 16.0. The standard InChI is InChI=1S/C22H30ClP/c1-17-13-11-12-16-19(17)20(18-14-9-8-10-15-18)24(23,21(2,3)4)22(5,6)7/h8-16H,1-7H3. The maximum atomic E-state index is 7.67. The SMILES string of the molecule is Cc1ccccc1C(c1ccccc1)=P(Cl)(C(C)(C)C)C(C)(C)C. The van der Waals surface area contributed by atoms with Crippen LogP contribution < -0.4 is 0 Å². The Morgan fingerprint density at radius 1 is 0.750 bits per heavy atom. The van der Waals surface area contributed by atoms with Gasteiger partial charge in [0.25, 0.3) is 0 Å². The molecule has 0 aliphatic carbocycles. The van der Waals surface area contributed by atoms with E-state index in [1.807, 2.05) is 0 Å². The van der Waals surface area contributed by atoms with E-state index in [-0.39, 0.29) is 10.3 Å². The summed E-state index contributed by atoms with van der Waals surface area (Å²) in [6.07, 6.45) is -2.03. The molecule has 0 aromatic heterocycles. The zero-order valence-corrected chi connectivity index (χ0v) is 17.7. The van der Waals surface area contributed by atoms with Gasteiger partial charge in [-0.1, -0.05) is 107 Å². The maximum Gasteiger partial charge on any atom is 0.00197 e. The lowest BCUT2D eigenvalue weighted by Crippen LogP contribution is -2.31. The largest absolute Gasteiger partial charge is 0.0960 e. The van der Waals surface area contributed by atoms with Gasteiger partial charge in [0.15, 0.2) is 0 Å². The fourth-order valence-corrected chi connectivity index (χ4v) is 8.62. The van der Waals surface area contributed by atoms with Crippen molar-refractivity contribution in [3.05, 3.63) is 71.3 Å². The van der Waals surface area contributed by atoms with E-state index in [4.69, 9.17) is 11.2 Å². The molecule has 2 aromatic carbocycles. The Morgan fingerprint density at radius 3 is 1.67 bits per heavy atom. The van der Waals surface area contributed by atoms with Crippen molar-refractivity contribution in [3.63, 3.8) is 0 Å². The second-order valence-corrected chi connectivity index (χ2v) is 14.3. The fourth-order valence-electron chi connectivity index (χ4n) is 3.61. The summed E-state index contributed by atoms with van der Waals surface area (Å²) in [6.45, 7) is 15.9. The van der Waals surface area contributed by atoms with Gasteiger partial charge in [-0.25, -0.2) is 0 Å². The van der Waals surface area contributed by atoms with Gasteiger partial charge in [0.2, 0.25) is 0 Å². The van der Waals surface area contributed by atoms with Crippen LogP contribution in [0.15, 0.2) is 54.6 Å². The number of hydrogen-bond donors (Lipinski definition) is 0. The first-order valence-corrected chi connectivity index (χ1v) is 11.3. The van der Waals surface area contributed by atoms with Gasteiger partial charge < -0.3 is 0 Å². The Balaban J connectivity index is 3.07. The number of halogens is 1. The first kappa shape index (κ1) is 19.4. The van der Waals surface area contributed by atoms with Crippen LogP contribution in [0.1, 0.15) is 58.2 Å². The molecule has 0 unspecified atom stereocenters. The molecular formula is C22H30ClP. The van der Waals surface area contributed by atoms with Gasteiger partial charge in [-0.3, -0.25) is 0 Å². The molecule has 24 heavy (non-hydrogen) atoms. The van der Waals surface area contributed by atoms with Gasteiger partial charge in [-0.2, -0.15) is 0 Å². The summed E-state index contributed by atoms with van der Waals surface area (Å²) >= 11 is 7.67. The van der Waals surface area contributed by atoms with Crippen LogP contribution in [0.2, 0.25) is 0 Å². The maximum absolute atomic E-state index is 7.67. The molecule has 0 bridgehead atoms. The molecule has 0 amide bonds. The molecule has 0 aliphatic rings. The van der Waals surface area contributed by atoms with Crippen LogP contribution in [-0.4, -0.2) is 15.6 Å². The van der Waals surface area contributed by atoms with Crippen LogP contribution in [0, 0.1) is 6.92 Å². The van der Waals surface area contributed by atoms with Crippen molar-refractivity contribution in [2.24, 2.45) is 0 Å². The summed E-state index contributed by atoms with van der Waals surface area (Å²) in [5.74, 6) is 0. The first-order chi connectivity index (χ1) is 11.0.